The standard InChI is InChI=1S/C20H21N3O3S2/c1-14-9-11-16(12-10-14)28(25,26)20-19(27-13-17(24)23(2)3)21-18(22-20)15-7-5-4-6-8-15/h4-12H,13H2,1-3H3,(H,21,22). The van der Waals surface area contributed by atoms with Crippen LogP contribution in [-0.2, 0) is 14.6 Å². The molecule has 0 aliphatic heterocycles. The molecule has 0 saturated carbocycles. The van der Waals surface area contributed by atoms with Crippen molar-refractivity contribution in [1.29, 1.82) is 0 Å². The van der Waals surface area contributed by atoms with Gasteiger partial charge in [0.2, 0.25) is 15.7 Å². The van der Waals surface area contributed by atoms with E-state index < -0.39 is 9.84 Å². The van der Waals surface area contributed by atoms with Gasteiger partial charge in [0, 0.05) is 19.7 Å². The number of aryl methyl sites for hydroxylation is 1. The molecule has 0 aliphatic carbocycles. The van der Waals surface area contributed by atoms with Gasteiger partial charge in [0.1, 0.15) is 10.9 Å². The van der Waals surface area contributed by atoms with Crippen LogP contribution in [0, 0.1) is 6.92 Å². The molecular formula is C20H21N3O3S2. The van der Waals surface area contributed by atoms with Gasteiger partial charge in [-0.3, -0.25) is 4.79 Å². The Bertz CT molecular complexity index is 1070. The fraction of sp³-hybridized carbons (Fsp3) is 0.200. The number of imidazole rings is 1. The highest BCUT2D eigenvalue weighted by molar-refractivity contribution is 8.00. The molecule has 1 aromatic heterocycles. The molecule has 0 spiro atoms. The molecule has 0 saturated heterocycles. The maximum absolute atomic E-state index is 13.2. The zero-order valence-corrected chi connectivity index (χ0v) is 17.5. The largest absolute Gasteiger partial charge is 0.348 e. The van der Waals surface area contributed by atoms with Crippen molar-refractivity contribution in [1.82, 2.24) is 14.9 Å². The van der Waals surface area contributed by atoms with Gasteiger partial charge < -0.3 is 9.88 Å². The van der Waals surface area contributed by atoms with Crippen molar-refractivity contribution in [2.75, 3.05) is 19.8 Å². The second-order valence-corrected chi connectivity index (χ2v) is 9.33. The van der Waals surface area contributed by atoms with Gasteiger partial charge in [-0.2, -0.15) is 0 Å². The van der Waals surface area contributed by atoms with E-state index in [1.807, 2.05) is 37.3 Å². The lowest BCUT2D eigenvalue weighted by molar-refractivity contribution is -0.125. The number of rotatable bonds is 6. The van der Waals surface area contributed by atoms with E-state index in [4.69, 9.17) is 0 Å². The van der Waals surface area contributed by atoms with E-state index in [2.05, 4.69) is 9.97 Å². The van der Waals surface area contributed by atoms with Crippen molar-refractivity contribution in [2.45, 2.75) is 21.9 Å². The van der Waals surface area contributed by atoms with Gasteiger partial charge in [-0.05, 0) is 19.1 Å². The Hall–Kier alpha value is -2.58. The summed E-state index contributed by atoms with van der Waals surface area (Å²) >= 11 is 1.11. The monoisotopic (exact) mass is 415 g/mol. The van der Waals surface area contributed by atoms with Crippen LogP contribution in [0.3, 0.4) is 0 Å². The molecule has 3 aromatic rings. The fourth-order valence-electron chi connectivity index (χ4n) is 2.45. The van der Waals surface area contributed by atoms with E-state index in [9.17, 15) is 13.2 Å². The van der Waals surface area contributed by atoms with E-state index in [0.717, 1.165) is 22.9 Å². The average Bonchev–Trinajstić information content (AvgIpc) is 3.12. The number of aromatic nitrogens is 2. The van der Waals surface area contributed by atoms with Crippen LogP contribution in [0.2, 0.25) is 0 Å². The molecule has 0 atom stereocenters. The summed E-state index contributed by atoms with van der Waals surface area (Å²) in [6.45, 7) is 1.90. The second-order valence-electron chi connectivity index (χ2n) is 6.48. The van der Waals surface area contributed by atoms with Gasteiger partial charge >= 0.3 is 0 Å². The minimum Gasteiger partial charge on any atom is -0.348 e. The fourth-order valence-corrected chi connectivity index (χ4v) is 5.05. The molecule has 0 fully saturated rings. The molecule has 1 amide bonds. The van der Waals surface area contributed by atoms with Crippen LogP contribution in [0.4, 0.5) is 0 Å². The van der Waals surface area contributed by atoms with Crippen LogP contribution in [0.25, 0.3) is 11.4 Å². The smallest absolute Gasteiger partial charge is 0.232 e. The first-order valence-electron chi connectivity index (χ1n) is 8.59. The molecule has 8 heteroatoms. The highest BCUT2D eigenvalue weighted by Crippen LogP contribution is 2.32. The minimum absolute atomic E-state index is 0.00626. The topological polar surface area (TPSA) is 83.1 Å². The first kappa shape index (κ1) is 20.2. The number of thioether (sulfide) groups is 1. The van der Waals surface area contributed by atoms with Gasteiger partial charge in [-0.25, -0.2) is 13.4 Å². The number of hydrogen-bond donors (Lipinski definition) is 1. The number of nitrogens with one attached hydrogen (secondary N) is 1. The Kier molecular flexibility index (Phi) is 5.90. The third-order valence-electron chi connectivity index (χ3n) is 4.12. The molecule has 2 aromatic carbocycles. The van der Waals surface area contributed by atoms with Crippen molar-refractivity contribution in [3.63, 3.8) is 0 Å². The van der Waals surface area contributed by atoms with E-state index >= 15 is 0 Å². The Morgan fingerprint density at radius 2 is 1.71 bits per heavy atom. The lowest BCUT2D eigenvalue weighted by Crippen LogP contribution is -2.23. The Morgan fingerprint density at radius 3 is 2.32 bits per heavy atom. The van der Waals surface area contributed by atoms with E-state index in [1.165, 1.54) is 4.90 Å². The predicted octanol–water partition coefficient (Wildman–Crippen LogP) is 3.40. The minimum atomic E-state index is -3.81. The number of amides is 1. The van der Waals surface area contributed by atoms with Gasteiger partial charge in [0.05, 0.1) is 10.6 Å². The summed E-state index contributed by atoms with van der Waals surface area (Å²) in [7, 11) is -0.486. The zero-order chi connectivity index (χ0) is 20.3. The number of H-pyrrole nitrogens is 1. The molecule has 0 bridgehead atoms. The maximum Gasteiger partial charge on any atom is 0.232 e. The van der Waals surface area contributed by atoms with Crippen LogP contribution in [0.5, 0.6) is 0 Å². The summed E-state index contributed by atoms with van der Waals surface area (Å²) in [5.74, 6) is 0.432. The van der Waals surface area contributed by atoms with Crippen molar-refractivity contribution in [2.24, 2.45) is 0 Å². The number of aromatic amines is 1. The molecule has 28 heavy (non-hydrogen) atoms. The zero-order valence-electron chi connectivity index (χ0n) is 15.8. The van der Waals surface area contributed by atoms with Crippen molar-refractivity contribution in [3.8, 4) is 11.4 Å². The summed E-state index contributed by atoms with van der Waals surface area (Å²) in [5, 5.41) is 0.293. The van der Waals surface area contributed by atoms with Crippen LogP contribution in [-0.4, -0.2) is 49.0 Å². The number of hydrogen-bond acceptors (Lipinski definition) is 5. The number of nitrogens with zero attached hydrogens (tertiary/aromatic N) is 2. The highest BCUT2D eigenvalue weighted by atomic mass is 32.2. The second kappa shape index (κ2) is 8.20. The lowest BCUT2D eigenvalue weighted by atomic mass is 10.2. The number of benzene rings is 2. The quantitative estimate of drug-likeness (QED) is 0.624. The molecule has 0 aliphatic rings. The number of sulfone groups is 1. The predicted molar refractivity (Wildman–Crippen MR) is 110 cm³/mol. The molecule has 0 unspecified atom stereocenters. The summed E-state index contributed by atoms with van der Waals surface area (Å²) in [5.41, 5.74) is 1.74. The molecule has 0 radical (unpaired) electrons. The number of carbonyl (C=O) groups is 1. The van der Waals surface area contributed by atoms with E-state index in [0.29, 0.717) is 5.82 Å². The number of carbonyl (C=O) groups excluding carboxylic acids is 1. The van der Waals surface area contributed by atoms with Gasteiger partial charge in [-0.15, -0.1) is 0 Å². The third kappa shape index (κ3) is 4.28. The molecule has 146 valence electrons. The molecule has 1 heterocycles. The normalized spacial score (nSPS) is 11.4. The van der Waals surface area contributed by atoms with Crippen molar-refractivity contribution < 1.29 is 13.2 Å². The van der Waals surface area contributed by atoms with Crippen LogP contribution >= 0.6 is 11.8 Å². The molecule has 1 N–H and O–H groups in total. The van der Waals surface area contributed by atoms with Crippen molar-refractivity contribution in [3.05, 3.63) is 60.2 Å². The summed E-state index contributed by atoms with van der Waals surface area (Å²) in [4.78, 5) is 21.1. The van der Waals surface area contributed by atoms with Crippen LogP contribution < -0.4 is 0 Å². The van der Waals surface area contributed by atoms with Gasteiger partial charge in [0.25, 0.3) is 0 Å². The maximum atomic E-state index is 13.2. The van der Waals surface area contributed by atoms with Crippen LogP contribution in [0.15, 0.2) is 69.5 Å². The molecular weight excluding hydrogens is 394 g/mol. The molecule has 3 rings (SSSR count). The van der Waals surface area contributed by atoms with Gasteiger partial charge in [-0.1, -0.05) is 59.8 Å². The lowest BCUT2D eigenvalue weighted by Gasteiger charge is -2.09. The summed E-state index contributed by atoms with van der Waals surface area (Å²) in [6, 6.07) is 15.9. The van der Waals surface area contributed by atoms with E-state index in [1.54, 1.807) is 38.4 Å². The summed E-state index contributed by atoms with van der Waals surface area (Å²) < 4.78 is 26.4. The first-order valence-corrected chi connectivity index (χ1v) is 11.1. The first-order chi connectivity index (χ1) is 13.3. The average molecular weight is 416 g/mol. The molecule has 6 nitrogen and oxygen atoms in total. The van der Waals surface area contributed by atoms with Crippen LogP contribution in [0.1, 0.15) is 5.56 Å². The van der Waals surface area contributed by atoms with Gasteiger partial charge in [0.15, 0.2) is 5.03 Å². The SMILES string of the molecule is Cc1ccc(S(=O)(=O)c2[nH]c(-c3ccccc3)nc2SCC(=O)N(C)C)cc1. The highest BCUT2D eigenvalue weighted by Gasteiger charge is 2.27. The Labute approximate surface area is 168 Å². The Balaban J connectivity index is 2.05. The Morgan fingerprint density at radius 1 is 1.07 bits per heavy atom. The van der Waals surface area contributed by atoms with E-state index in [-0.39, 0.29) is 26.6 Å². The summed E-state index contributed by atoms with van der Waals surface area (Å²) in [6.07, 6.45) is 0. The van der Waals surface area contributed by atoms with Crippen molar-refractivity contribution >= 4 is 27.5 Å². The third-order valence-corrected chi connectivity index (χ3v) is 6.93.